The van der Waals surface area contributed by atoms with Gasteiger partial charge in [0.25, 0.3) is 10.0 Å². The summed E-state index contributed by atoms with van der Waals surface area (Å²) in [6, 6.07) is 2.00. The van der Waals surface area contributed by atoms with Crippen molar-refractivity contribution in [2.24, 2.45) is 0 Å². The number of aromatic amines is 1. The van der Waals surface area contributed by atoms with Crippen LogP contribution in [0.3, 0.4) is 0 Å². The third-order valence-electron chi connectivity index (χ3n) is 2.42. The minimum absolute atomic E-state index is 0.0856. The lowest BCUT2D eigenvalue weighted by Crippen LogP contribution is -2.23. The molecule has 0 fully saturated rings. The Balaban J connectivity index is 2.08. The van der Waals surface area contributed by atoms with Gasteiger partial charge in [-0.05, 0) is 25.5 Å². The standard InChI is InChI=1S/C10H13N3O2S2/c1-7-3-9(16-8(7)2)4-13-17(14,15)10-5-11-6-12-10/h3,5-6,13H,4H2,1-2H3,(H,11,12). The minimum atomic E-state index is -3.48. The second kappa shape index (κ2) is 4.59. The Kier molecular flexibility index (Phi) is 3.32. The molecule has 92 valence electrons. The fourth-order valence-corrected chi connectivity index (χ4v) is 3.36. The molecule has 7 heteroatoms. The van der Waals surface area contributed by atoms with E-state index in [1.54, 1.807) is 11.3 Å². The van der Waals surface area contributed by atoms with Gasteiger partial charge in [-0.1, -0.05) is 0 Å². The average Bonchev–Trinajstić information content (AvgIpc) is 2.87. The number of hydrogen-bond acceptors (Lipinski definition) is 4. The number of H-pyrrole nitrogens is 1. The molecule has 0 aliphatic carbocycles. The van der Waals surface area contributed by atoms with Gasteiger partial charge in [-0.3, -0.25) is 0 Å². The highest BCUT2D eigenvalue weighted by Crippen LogP contribution is 2.20. The molecule has 0 spiro atoms. The Labute approximate surface area is 104 Å². The molecule has 0 unspecified atom stereocenters. The largest absolute Gasteiger partial charge is 0.335 e. The van der Waals surface area contributed by atoms with Gasteiger partial charge in [-0.15, -0.1) is 11.3 Å². The quantitative estimate of drug-likeness (QED) is 0.886. The Morgan fingerprint density at radius 3 is 2.76 bits per heavy atom. The fraction of sp³-hybridized carbons (Fsp3) is 0.300. The Morgan fingerprint density at radius 2 is 2.24 bits per heavy atom. The van der Waals surface area contributed by atoms with E-state index in [0.717, 1.165) is 4.88 Å². The minimum Gasteiger partial charge on any atom is -0.335 e. The maximum absolute atomic E-state index is 11.8. The number of hydrogen-bond donors (Lipinski definition) is 2. The number of aromatic nitrogens is 2. The van der Waals surface area contributed by atoms with Crippen molar-refractivity contribution < 1.29 is 8.42 Å². The highest BCUT2D eigenvalue weighted by Gasteiger charge is 2.15. The molecule has 2 aromatic rings. The summed E-state index contributed by atoms with van der Waals surface area (Å²) in [6.07, 6.45) is 2.63. The van der Waals surface area contributed by atoms with Gasteiger partial charge in [0.1, 0.15) is 0 Å². The van der Waals surface area contributed by atoms with Crippen LogP contribution in [0, 0.1) is 13.8 Å². The number of sulfonamides is 1. The van der Waals surface area contributed by atoms with Crippen molar-refractivity contribution in [3.63, 3.8) is 0 Å². The molecule has 5 nitrogen and oxygen atoms in total. The van der Waals surface area contributed by atoms with E-state index in [2.05, 4.69) is 14.7 Å². The van der Waals surface area contributed by atoms with Gasteiger partial charge in [0, 0.05) is 16.3 Å². The second-order valence-corrected chi connectivity index (χ2v) is 6.77. The van der Waals surface area contributed by atoms with Crippen LogP contribution in [0.15, 0.2) is 23.6 Å². The van der Waals surface area contributed by atoms with Crippen molar-refractivity contribution in [2.75, 3.05) is 0 Å². The maximum atomic E-state index is 11.8. The van der Waals surface area contributed by atoms with Gasteiger partial charge in [-0.2, -0.15) is 0 Å². The molecule has 0 aliphatic rings. The molecule has 0 aromatic carbocycles. The Bertz CT molecular complexity index is 580. The summed E-state index contributed by atoms with van der Waals surface area (Å²) in [7, 11) is -3.48. The van der Waals surface area contributed by atoms with Crippen LogP contribution in [0.25, 0.3) is 0 Å². The van der Waals surface area contributed by atoms with Crippen LogP contribution >= 0.6 is 11.3 Å². The summed E-state index contributed by atoms with van der Waals surface area (Å²) < 4.78 is 26.1. The van der Waals surface area contributed by atoms with Gasteiger partial charge in [0.2, 0.25) is 0 Å². The number of aryl methyl sites for hydroxylation is 2. The van der Waals surface area contributed by atoms with Crippen LogP contribution < -0.4 is 4.72 Å². The van der Waals surface area contributed by atoms with Crippen molar-refractivity contribution in [1.82, 2.24) is 14.7 Å². The van der Waals surface area contributed by atoms with Crippen LogP contribution in [0.2, 0.25) is 0 Å². The number of thiophene rings is 1. The summed E-state index contributed by atoms with van der Waals surface area (Å²) in [5.41, 5.74) is 1.19. The topological polar surface area (TPSA) is 74.8 Å². The lowest BCUT2D eigenvalue weighted by molar-refractivity contribution is 0.578. The third kappa shape index (κ3) is 2.74. The van der Waals surface area contributed by atoms with E-state index in [-0.39, 0.29) is 5.03 Å². The molecule has 0 amide bonds. The highest BCUT2D eigenvalue weighted by atomic mass is 32.2. The van der Waals surface area contributed by atoms with Crippen molar-refractivity contribution in [3.8, 4) is 0 Å². The molecule has 2 rings (SSSR count). The van der Waals surface area contributed by atoms with Crippen LogP contribution in [0.1, 0.15) is 15.3 Å². The van der Waals surface area contributed by atoms with Crippen molar-refractivity contribution >= 4 is 21.4 Å². The predicted octanol–water partition coefficient (Wildman–Crippen LogP) is 1.57. The van der Waals surface area contributed by atoms with Gasteiger partial charge < -0.3 is 4.98 Å². The number of rotatable bonds is 4. The van der Waals surface area contributed by atoms with E-state index in [0.29, 0.717) is 6.54 Å². The van der Waals surface area contributed by atoms with E-state index in [9.17, 15) is 8.42 Å². The lowest BCUT2D eigenvalue weighted by atomic mass is 10.3. The molecule has 2 aromatic heterocycles. The van der Waals surface area contributed by atoms with E-state index in [1.165, 1.54) is 23.0 Å². The third-order valence-corrected chi connectivity index (χ3v) is 4.90. The molecule has 0 saturated carbocycles. The van der Waals surface area contributed by atoms with E-state index in [1.807, 2.05) is 19.9 Å². The molecule has 0 aliphatic heterocycles. The number of nitrogens with one attached hydrogen (secondary N) is 2. The first-order valence-electron chi connectivity index (χ1n) is 5.03. The second-order valence-electron chi connectivity index (χ2n) is 3.69. The average molecular weight is 271 g/mol. The molecule has 0 bridgehead atoms. The SMILES string of the molecule is Cc1cc(CNS(=O)(=O)c2cnc[nH]2)sc1C. The molecule has 2 heterocycles. The highest BCUT2D eigenvalue weighted by molar-refractivity contribution is 7.89. The van der Waals surface area contributed by atoms with E-state index < -0.39 is 10.0 Å². The normalized spacial score (nSPS) is 11.9. The molecule has 0 saturated heterocycles. The summed E-state index contributed by atoms with van der Waals surface area (Å²) >= 11 is 1.60. The van der Waals surface area contributed by atoms with Gasteiger partial charge in [-0.25, -0.2) is 18.1 Å². The van der Waals surface area contributed by atoms with Crippen LogP contribution in [0.5, 0.6) is 0 Å². The molecular formula is C10H13N3O2S2. The summed E-state index contributed by atoms with van der Waals surface area (Å²) in [5, 5.41) is 0.0856. The summed E-state index contributed by atoms with van der Waals surface area (Å²) in [6.45, 7) is 4.34. The lowest BCUT2D eigenvalue weighted by Gasteiger charge is -2.02. The molecule has 2 N–H and O–H groups in total. The van der Waals surface area contributed by atoms with Gasteiger partial charge >= 0.3 is 0 Å². The zero-order chi connectivity index (χ0) is 12.5. The summed E-state index contributed by atoms with van der Waals surface area (Å²) in [5.74, 6) is 0. The van der Waals surface area contributed by atoms with Crippen molar-refractivity contribution in [3.05, 3.63) is 33.9 Å². The molecular weight excluding hydrogens is 258 g/mol. The monoisotopic (exact) mass is 271 g/mol. The Morgan fingerprint density at radius 1 is 1.47 bits per heavy atom. The Hall–Kier alpha value is -1.18. The zero-order valence-corrected chi connectivity index (χ0v) is 11.2. The van der Waals surface area contributed by atoms with E-state index in [4.69, 9.17) is 0 Å². The molecule has 0 radical (unpaired) electrons. The van der Waals surface area contributed by atoms with Crippen LogP contribution in [-0.2, 0) is 16.6 Å². The first-order chi connectivity index (χ1) is 7.99. The predicted molar refractivity (Wildman–Crippen MR) is 66.4 cm³/mol. The van der Waals surface area contributed by atoms with Crippen LogP contribution in [0.4, 0.5) is 0 Å². The smallest absolute Gasteiger partial charge is 0.257 e. The molecule has 17 heavy (non-hydrogen) atoms. The molecule has 0 atom stereocenters. The van der Waals surface area contributed by atoms with Crippen molar-refractivity contribution in [1.29, 1.82) is 0 Å². The van der Waals surface area contributed by atoms with Gasteiger partial charge in [0.05, 0.1) is 12.5 Å². The maximum Gasteiger partial charge on any atom is 0.257 e. The first kappa shape index (κ1) is 12.3. The number of nitrogens with zero attached hydrogens (tertiary/aromatic N) is 1. The van der Waals surface area contributed by atoms with Crippen LogP contribution in [-0.4, -0.2) is 18.4 Å². The van der Waals surface area contributed by atoms with Crippen molar-refractivity contribution in [2.45, 2.75) is 25.4 Å². The van der Waals surface area contributed by atoms with E-state index >= 15 is 0 Å². The first-order valence-corrected chi connectivity index (χ1v) is 7.33. The summed E-state index contributed by atoms with van der Waals surface area (Å²) in [4.78, 5) is 8.47. The number of imidazole rings is 1. The zero-order valence-electron chi connectivity index (χ0n) is 9.52. The van der Waals surface area contributed by atoms with Gasteiger partial charge in [0.15, 0.2) is 5.03 Å². The fourth-order valence-electron chi connectivity index (χ4n) is 1.37.